The maximum absolute atomic E-state index is 8.29. The van der Waals surface area contributed by atoms with Gasteiger partial charge in [-0.15, -0.1) is 64.2 Å². The second-order valence-corrected chi connectivity index (χ2v) is 30.0. The van der Waals surface area contributed by atoms with Crippen molar-refractivity contribution in [2.24, 2.45) is 0 Å². The highest BCUT2D eigenvalue weighted by Gasteiger charge is 2.17. The Morgan fingerprint density at radius 2 is 0.429 bits per heavy atom. The number of nitrogens with zero attached hydrogens (tertiary/aromatic N) is 10. The molecule has 10 aromatic carbocycles. The highest BCUT2D eigenvalue weighted by molar-refractivity contribution is 5.24. The van der Waals surface area contributed by atoms with Crippen LogP contribution in [0.25, 0.3) is 0 Å². The van der Waals surface area contributed by atoms with E-state index in [1.807, 2.05) is 79.1 Å². The third-order valence-corrected chi connectivity index (χ3v) is 19.0. The molecule has 0 unspecified atom stereocenters. The minimum atomic E-state index is -3.09. The quantitative estimate of drug-likeness (QED) is 0.0346. The summed E-state index contributed by atoms with van der Waals surface area (Å²) in [6.45, 7) is -7.06. The topological polar surface area (TPSA) is 32.4 Å². The van der Waals surface area contributed by atoms with Gasteiger partial charge in [-0.3, -0.25) is 49.0 Å². The Hall–Kier alpha value is -12.6. The minimum absolute atomic E-state index is 0.000339. The summed E-state index contributed by atoms with van der Waals surface area (Å²) in [6, 6.07) is 31.2. The van der Waals surface area contributed by atoms with Gasteiger partial charge in [-0.05, 0) is 259 Å². The monoisotopic (exact) mass is 1930 g/mol. The van der Waals surface area contributed by atoms with Crippen molar-refractivity contribution in [1.82, 2.24) is 49.0 Å². The van der Waals surface area contributed by atoms with Crippen molar-refractivity contribution >= 4 is 0 Å². The molecule has 10 nitrogen and oxygen atoms in total. The number of hydrogen-bond donors (Lipinski definition) is 0. The van der Waals surface area contributed by atoms with Crippen LogP contribution in [0.15, 0.2) is 303 Å². The van der Waals surface area contributed by atoms with Crippen LogP contribution < -0.4 is 0 Å². The van der Waals surface area contributed by atoms with Crippen LogP contribution in [0.3, 0.4) is 0 Å². The zero-order chi connectivity index (χ0) is 155. The maximum Gasteiger partial charge on any atom is 0.0626 e. The van der Waals surface area contributed by atoms with E-state index in [9.17, 15) is 0 Å². The zero-order valence-corrected chi connectivity index (χ0v) is 82.9. The van der Waals surface area contributed by atoms with Crippen molar-refractivity contribution < 1.29 is 79.5 Å². The summed E-state index contributed by atoms with van der Waals surface area (Å²) in [6.07, 6.45) is 41.8. The van der Waals surface area contributed by atoms with E-state index in [1.54, 1.807) is 168 Å². The van der Waals surface area contributed by atoms with E-state index in [1.165, 1.54) is 87.8 Å². The van der Waals surface area contributed by atoms with Crippen LogP contribution in [0.4, 0.5) is 0 Å². The van der Waals surface area contributed by atoms with Crippen molar-refractivity contribution in [2.45, 2.75) is 193 Å². The number of benzene rings is 10. The summed E-state index contributed by atoms with van der Waals surface area (Å²) in [5, 5.41) is 0. The summed E-state index contributed by atoms with van der Waals surface area (Å²) >= 11 is 0. The maximum atomic E-state index is 8.29. The Kier molecular flexibility index (Phi) is 33.9. The lowest BCUT2D eigenvalue weighted by atomic mass is 10.1. The van der Waals surface area contributed by atoms with Gasteiger partial charge in [-0.2, -0.15) is 0 Å². The van der Waals surface area contributed by atoms with E-state index in [-0.39, 0.29) is 151 Å². The Balaban J connectivity index is 0.00000110. The molecule has 0 bridgehead atoms. The molecule has 0 aliphatic carbocycles. The smallest absolute Gasteiger partial charge is 0.0626 e. The van der Waals surface area contributed by atoms with Crippen LogP contribution in [-0.2, 0) is 64.0 Å². The predicted molar refractivity (Wildman–Crippen MR) is 611 cm³/mol. The molecule has 10 heteroatoms. The highest BCUT2D eigenvalue weighted by atomic mass is 15.2. The molecule has 0 saturated carbocycles. The Bertz CT molecular complexity index is 8190. The van der Waals surface area contributed by atoms with Crippen molar-refractivity contribution in [3.05, 3.63) is 358 Å². The van der Waals surface area contributed by atoms with E-state index >= 15 is 0 Å². The number of likely N-dealkylation sites (N-methyl/N-ethyl adjacent to an activating group) is 10. The molecule has 740 valence electrons. The summed E-state index contributed by atoms with van der Waals surface area (Å²) in [7, 11) is 9.48. The Morgan fingerprint density at radius 3 is 0.736 bits per heavy atom. The van der Waals surface area contributed by atoms with Crippen LogP contribution in [0.2, 0.25) is 0 Å². The van der Waals surface area contributed by atoms with Crippen LogP contribution in [-0.4, -0.2) is 245 Å². The van der Waals surface area contributed by atoms with Gasteiger partial charge in [0.1, 0.15) is 0 Å². The lowest BCUT2D eigenvalue weighted by molar-refractivity contribution is 0.287. The largest absolute Gasteiger partial charge is 0.292 e. The fraction of sp³-hybridized carbons (Fsp3) is 0.385. The number of hydrogen-bond acceptors (Lipinski definition) is 10. The molecule has 0 saturated heterocycles. The van der Waals surface area contributed by atoms with Gasteiger partial charge in [0, 0.05) is 98.7 Å². The molecule has 140 heavy (non-hydrogen) atoms. The molecule has 0 N–H and O–H groups in total. The van der Waals surface area contributed by atoms with Crippen molar-refractivity contribution in [3.63, 3.8) is 0 Å². The van der Waals surface area contributed by atoms with Crippen molar-refractivity contribution in [3.8, 4) is 123 Å². The first-order valence-electron chi connectivity index (χ1n) is 72.6. The molecule has 10 aromatic rings. The molecule has 0 aromatic heterocycles. The fourth-order valence-corrected chi connectivity index (χ4v) is 10.5. The molecule has 0 heterocycles. The first kappa shape index (κ1) is 59.2. The molecular formula is C130H170N10. The van der Waals surface area contributed by atoms with Gasteiger partial charge in [0.05, 0.1) is 106 Å². The lowest BCUT2D eigenvalue weighted by Gasteiger charge is -2.22. The molecule has 0 aliphatic heterocycles. The van der Waals surface area contributed by atoms with E-state index in [4.69, 9.17) is 144 Å². The van der Waals surface area contributed by atoms with Crippen molar-refractivity contribution in [1.29, 1.82) is 0 Å². The van der Waals surface area contributed by atoms with E-state index in [0.29, 0.717) is 45.9 Å². The highest BCUT2D eigenvalue weighted by Crippen LogP contribution is 2.16. The van der Waals surface area contributed by atoms with E-state index in [2.05, 4.69) is 35.5 Å². The summed E-state index contributed by atoms with van der Waals surface area (Å²) < 4.78 is 452. The van der Waals surface area contributed by atoms with Gasteiger partial charge in [-0.1, -0.05) is 362 Å². The molecule has 0 spiro atoms. The van der Waals surface area contributed by atoms with Crippen molar-refractivity contribution in [2.75, 3.05) is 135 Å². The van der Waals surface area contributed by atoms with Gasteiger partial charge in [-0.25, -0.2) is 0 Å². The van der Waals surface area contributed by atoms with Gasteiger partial charge >= 0.3 is 0 Å². The summed E-state index contributed by atoms with van der Waals surface area (Å²) in [5.74, 6) is 21.4. The zero-order valence-electron chi connectivity index (χ0n) is 141. The van der Waals surface area contributed by atoms with Crippen LogP contribution in [0.5, 0.6) is 0 Å². The second kappa shape index (κ2) is 80.2. The standard InChI is InChI=1S/10C13H17N/c10*1-4-10-14(3)12(2)11-13-8-6-5-7-9-13/h10*1,5-9,12H,10-11H2,2-3H3/t10*12-/m1111111111/s1/i5D,6D,7D,8D,9D,11D2;5D,6D,7D,8D,9D,10D2;3D3,5D,6D,7D,8D,9D;5D,6D,7D,8D,9D;3D3,10D2,11D2,12D;10D2,11D2,12D;3D3,11D2,12D;3D3,10D2,12D;11D2,12D;10D2,12D. The lowest BCUT2D eigenvalue weighted by Crippen LogP contribution is -2.31. The van der Waals surface area contributed by atoms with Gasteiger partial charge in [0.15, 0.2) is 0 Å². The predicted octanol–water partition coefficient (Wildman–Crippen LogP) is 21.8. The van der Waals surface area contributed by atoms with Gasteiger partial charge in [0.25, 0.3) is 0 Å². The molecule has 10 atom stereocenters. The fourth-order valence-electron chi connectivity index (χ4n) is 10.5. The third kappa shape index (κ3) is 61.7. The number of terminal acetylenes is 10. The first-order chi connectivity index (χ1) is 90.0. The molecular weight excluding hydrogens is 1700 g/mol. The minimum Gasteiger partial charge on any atom is -0.292 e. The molecule has 0 radical (unpaired) electrons. The average molecular weight is 1930 g/mol. The van der Waals surface area contributed by atoms with Crippen LogP contribution >= 0.6 is 0 Å². The van der Waals surface area contributed by atoms with Crippen LogP contribution in [0.1, 0.15) is 204 Å². The Morgan fingerprint density at radius 1 is 0.214 bits per heavy atom. The van der Waals surface area contributed by atoms with Gasteiger partial charge in [0.2, 0.25) is 0 Å². The third-order valence-electron chi connectivity index (χ3n) is 19.0. The number of rotatable bonds is 40. The van der Waals surface area contributed by atoms with E-state index in [0.717, 1.165) is 27.9 Å². The summed E-state index contributed by atoms with van der Waals surface area (Å²) in [5.41, 5.74) is 3.08. The molecule has 0 fully saturated rings. The molecule has 0 aliphatic rings. The van der Waals surface area contributed by atoms with E-state index < -0.39 is 201 Å². The SMILES string of the molecule is [2H]C([2H])(C#C)N(C)[C@]([2H])(C)C([2H])([2H])c1ccccc1.[2H]C([2H])(C#C)N(C)[C@]([2H])(C)Cc1ccccc1.[2H]C([2H])([2H])N(C([2H])([2H])C#C)[C@]([2H])(C)C([2H])([2H])c1ccccc1.[2H]C([2H])([2H])N(C([2H])([2H])C#C)[C@]([2H])(C)Cc1ccccc1.[2H]C([2H])([2H])N(CC#C)[C@]([2H])(C)C([2H])([2H])c1ccccc1.[2H]C([2H])(c1ccccc1)[C@@]([2H])(C)N(C)CC#C.[2H]c1c([2H])c([2H])c(C([2H])([2H])[C@@H](C)N(C)CC#C)c([2H])c1[2H].[2H]c1c([2H])c([2H])c(C[C@@H](C)N(C)C([2H])([2H])C#C)c([2H])c1[2H].[2H]c1c([2H])c([2H])c(C[C@@H](C)N(C)CC#C)c([2H])c1[2H].[2H]c1c([2H])c([2H])c(C[C@@H](C)N(CC#C)C([2H])([2H])[2H])c([2H])c1[2H]. The molecule has 0 amide bonds. The first-order valence-corrected chi connectivity index (χ1v) is 43.6. The summed E-state index contributed by atoms with van der Waals surface area (Å²) in [4.78, 5) is 10.9. The van der Waals surface area contributed by atoms with Crippen LogP contribution in [0, 0.1) is 123 Å². The Labute approximate surface area is 937 Å². The second-order valence-electron chi connectivity index (χ2n) is 30.0. The van der Waals surface area contributed by atoms with Gasteiger partial charge < -0.3 is 0 Å². The molecule has 10 rings (SSSR count). The average Bonchev–Trinajstić information content (AvgIpc) is 0.735. The normalized spacial score (nSPS) is 21.2.